The molecule has 14 nitrogen and oxygen atoms in total. The van der Waals surface area contributed by atoms with E-state index in [0.29, 0.717) is 18.9 Å². The maximum absolute atomic E-state index is 13.9. The number of fused-ring (bicyclic) bond motifs is 6. The number of pyridine rings is 1. The van der Waals surface area contributed by atoms with E-state index in [0.717, 1.165) is 99.2 Å². The fourth-order valence-corrected chi connectivity index (χ4v) is 8.90. The van der Waals surface area contributed by atoms with Gasteiger partial charge in [0.2, 0.25) is 17.7 Å². The highest BCUT2D eigenvalue weighted by Crippen LogP contribution is 2.37. The molecule has 3 aromatic carbocycles. The first-order valence-electron chi connectivity index (χ1n) is 20.9. The number of rotatable bonds is 9. The molecule has 2 aliphatic heterocycles. The summed E-state index contributed by atoms with van der Waals surface area (Å²) in [5, 5.41) is 9.59. The highest BCUT2D eigenvalue weighted by molar-refractivity contribution is 6.07. The van der Waals surface area contributed by atoms with Gasteiger partial charge in [0.05, 0.1) is 35.7 Å². The third-order valence-electron chi connectivity index (χ3n) is 12.0. The zero-order valence-corrected chi connectivity index (χ0v) is 34.6. The summed E-state index contributed by atoms with van der Waals surface area (Å²) in [6.07, 6.45) is 6.61. The van der Waals surface area contributed by atoms with Crippen LogP contribution in [0.3, 0.4) is 0 Å². The van der Waals surface area contributed by atoms with Crippen LogP contribution in [-0.4, -0.2) is 90.8 Å². The predicted molar refractivity (Wildman–Crippen MR) is 227 cm³/mol. The molecule has 4 atom stereocenters. The third kappa shape index (κ3) is 7.68. The number of aromatic nitrogens is 5. The summed E-state index contributed by atoms with van der Waals surface area (Å²) >= 11 is 0. The minimum absolute atomic E-state index is 0.0422. The van der Waals surface area contributed by atoms with Crippen LogP contribution >= 0.6 is 0 Å². The van der Waals surface area contributed by atoms with E-state index in [-0.39, 0.29) is 41.6 Å². The highest BCUT2D eigenvalue weighted by atomic mass is 16.5. The minimum Gasteiger partial charge on any atom is -0.453 e. The summed E-state index contributed by atoms with van der Waals surface area (Å²) < 4.78 is 4.81. The van der Waals surface area contributed by atoms with Crippen molar-refractivity contribution in [3.05, 3.63) is 66.4 Å². The van der Waals surface area contributed by atoms with Crippen molar-refractivity contribution in [1.29, 1.82) is 0 Å². The second-order valence-electron chi connectivity index (χ2n) is 16.8. The molecule has 14 heteroatoms. The Balaban J connectivity index is 1.06. The number of nitrogens with zero attached hydrogens (tertiary/aromatic N) is 5. The first-order chi connectivity index (χ1) is 28.4. The first-order valence-corrected chi connectivity index (χ1v) is 20.9. The molecule has 2 unspecified atom stereocenters. The van der Waals surface area contributed by atoms with E-state index in [2.05, 4.69) is 57.0 Å². The van der Waals surface area contributed by atoms with Crippen LogP contribution in [0.15, 0.2) is 54.7 Å². The molecule has 59 heavy (non-hydrogen) atoms. The van der Waals surface area contributed by atoms with Crippen molar-refractivity contribution in [3.8, 4) is 11.3 Å². The van der Waals surface area contributed by atoms with Crippen LogP contribution in [0, 0.1) is 11.8 Å². The molecule has 4 amide bonds. The zero-order chi connectivity index (χ0) is 41.5. The van der Waals surface area contributed by atoms with E-state index in [9.17, 15) is 19.2 Å². The molecule has 2 fully saturated rings. The predicted octanol–water partition coefficient (Wildman–Crippen LogP) is 7.46. The summed E-state index contributed by atoms with van der Waals surface area (Å²) in [6.45, 7) is 10.4. The third-order valence-corrected chi connectivity index (χ3v) is 12.0. The van der Waals surface area contributed by atoms with Crippen LogP contribution in [0.2, 0.25) is 0 Å². The Labute approximate surface area is 342 Å². The summed E-state index contributed by atoms with van der Waals surface area (Å²) in [5.74, 6) is 0.771. The van der Waals surface area contributed by atoms with Crippen LogP contribution in [0.4, 0.5) is 4.79 Å². The fourth-order valence-electron chi connectivity index (χ4n) is 8.90. The second-order valence-corrected chi connectivity index (χ2v) is 16.8. The molecule has 0 saturated carbocycles. The molecule has 8 rings (SSSR count). The number of nitrogens with one attached hydrogen (secondary N) is 4. The van der Waals surface area contributed by atoms with E-state index in [4.69, 9.17) is 19.7 Å². The van der Waals surface area contributed by atoms with Crippen molar-refractivity contribution in [2.24, 2.45) is 11.8 Å². The Bertz CT molecular complexity index is 2580. The van der Waals surface area contributed by atoms with Gasteiger partial charge in [-0.2, -0.15) is 0 Å². The largest absolute Gasteiger partial charge is 0.453 e. The molecule has 6 aromatic rings. The van der Waals surface area contributed by atoms with E-state index < -0.39 is 18.2 Å². The second kappa shape index (κ2) is 16.3. The van der Waals surface area contributed by atoms with Crippen molar-refractivity contribution in [2.75, 3.05) is 20.2 Å². The molecule has 0 aliphatic carbocycles. The number of piperidine rings is 2. The quantitative estimate of drug-likeness (QED) is 0.116. The van der Waals surface area contributed by atoms with Gasteiger partial charge in [0.25, 0.3) is 0 Å². The fraction of sp³-hybridized carbons (Fsp3) is 0.444. The van der Waals surface area contributed by atoms with Crippen LogP contribution in [0.5, 0.6) is 0 Å². The van der Waals surface area contributed by atoms with Crippen LogP contribution < -0.4 is 10.6 Å². The monoisotopic (exact) mass is 799 g/mol. The SMILES string of the molecule is COC(=O)N[C@H](C(=O)N1CCCCC1c1nc2ccc3cc(-c4ccc5c(ccc6[nH]c(C7CCCCN7C(=O)[C@@H](NC(C)=O)C(C)C)nc65)c4)[nH]cc3c2n1)C(C)C. The van der Waals surface area contributed by atoms with Crippen LogP contribution in [-0.2, 0) is 19.1 Å². The lowest BCUT2D eigenvalue weighted by molar-refractivity contribution is -0.141. The number of hydrogen-bond donors (Lipinski definition) is 4. The number of likely N-dealkylation sites (tertiary alicyclic amines) is 2. The lowest BCUT2D eigenvalue weighted by Crippen LogP contribution is -2.53. The van der Waals surface area contributed by atoms with Gasteiger partial charge in [-0.25, -0.2) is 19.7 Å². The van der Waals surface area contributed by atoms with E-state index in [1.54, 1.807) is 0 Å². The van der Waals surface area contributed by atoms with Gasteiger partial charge in [-0.05, 0) is 91.0 Å². The van der Waals surface area contributed by atoms with Crippen molar-refractivity contribution in [1.82, 2.24) is 45.4 Å². The Morgan fingerprint density at radius 3 is 2.10 bits per heavy atom. The number of imidazole rings is 2. The van der Waals surface area contributed by atoms with Crippen molar-refractivity contribution in [2.45, 2.75) is 97.3 Å². The Hall–Kier alpha value is -6.05. The molecule has 3 aromatic heterocycles. The summed E-state index contributed by atoms with van der Waals surface area (Å²) in [6, 6.07) is 14.9. The number of benzene rings is 3. The molecule has 0 bridgehead atoms. The molecule has 4 N–H and O–H groups in total. The lowest BCUT2D eigenvalue weighted by Gasteiger charge is -2.37. The Morgan fingerprint density at radius 1 is 0.746 bits per heavy atom. The van der Waals surface area contributed by atoms with Gasteiger partial charge < -0.3 is 35.1 Å². The molecule has 5 heterocycles. The Morgan fingerprint density at radius 2 is 1.41 bits per heavy atom. The van der Waals surface area contributed by atoms with E-state index in [1.807, 2.05) is 55.8 Å². The normalized spacial score (nSPS) is 18.5. The topological polar surface area (TPSA) is 178 Å². The maximum atomic E-state index is 13.9. The van der Waals surface area contributed by atoms with Crippen LogP contribution in [0.1, 0.15) is 96.9 Å². The molecular formula is C45H53N9O5. The van der Waals surface area contributed by atoms with Gasteiger partial charge in [0.1, 0.15) is 23.4 Å². The number of H-pyrrole nitrogens is 2. The van der Waals surface area contributed by atoms with Crippen molar-refractivity contribution in [3.63, 3.8) is 0 Å². The molecular weight excluding hydrogens is 747 g/mol. The minimum atomic E-state index is -0.718. The van der Waals surface area contributed by atoms with Crippen molar-refractivity contribution < 1.29 is 23.9 Å². The maximum Gasteiger partial charge on any atom is 0.407 e. The van der Waals surface area contributed by atoms with Gasteiger partial charge in [0.15, 0.2) is 5.82 Å². The molecule has 2 saturated heterocycles. The van der Waals surface area contributed by atoms with Crippen LogP contribution in [0.25, 0.3) is 54.9 Å². The lowest BCUT2D eigenvalue weighted by atomic mass is 9.97. The molecule has 308 valence electrons. The summed E-state index contributed by atoms with van der Waals surface area (Å²) in [4.78, 5) is 77.6. The molecule has 0 radical (unpaired) electrons. The number of carbonyl (C=O) groups excluding carboxylic acids is 4. The Kier molecular flexibility index (Phi) is 11.0. The molecule has 0 spiro atoms. The number of methoxy groups -OCH3 is 1. The number of ether oxygens (including phenoxy) is 1. The van der Waals surface area contributed by atoms with E-state index in [1.165, 1.54) is 14.0 Å². The number of hydrogen-bond acceptors (Lipinski definition) is 8. The highest BCUT2D eigenvalue weighted by Gasteiger charge is 2.38. The van der Waals surface area contributed by atoms with Gasteiger partial charge >= 0.3 is 6.09 Å². The number of alkyl carbamates (subject to hydrolysis) is 1. The summed E-state index contributed by atoms with van der Waals surface area (Å²) in [7, 11) is 1.29. The number of amides is 4. The standard InChI is InChI=1S/C45H53N9O5/c1-24(2)37(47-26(5)55)43(56)53-19-9-7-11-35(53)41-48-32-17-14-27-21-29(13-16-30(27)39(32)50-41)34-22-28-15-18-33-40(31(28)23-46-34)51-42(49-33)36-12-8-10-20-54(36)44(57)38(25(3)4)52-45(58)59-6/h13-18,21-25,35-38,46H,7-12,19-20H2,1-6H3,(H,47,55)(H,48,50)(H,52,58)/t35?,36?,37-,38-/m0/s1. The first kappa shape index (κ1) is 39.8. The summed E-state index contributed by atoms with van der Waals surface area (Å²) in [5.41, 5.74) is 5.27. The average Bonchev–Trinajstić information content (AvgIpc) is 3.89. The van der Waals surface area contributed by atoms with Gasteiger partial charge in [-0.1, -0.05) is 52.0 Å². The smallest absolute Gasteiger partial charge is 0.407 e. The van der Waals surface area contributed by atoms with E-state index >= 15 is 0 Å². The van der Waals surface area contributed by atoms with Gasteiger partial charge in [-0.3, -0.25) is 14.4 Å². The number of carbonyl (C=O) groups is 4. The van der Waals surface area contributed by atoms with Gasteiger partial charge in [0, 0.05) is 42.7 Å². The molecule has 2 aliphatic rings. The van der Waals surface area contributed by atoms with Crippen molar-refractivity contribution >= 4 is 67.4 Å². The van der Waals surface area contributed by atoms with Gasteiger partial charge in [-0.15, -0.1) is 0 Å². The number of aromatic amines is 2. The zero-order valence-electron chi connectivity index (χ0n) is 34.6. The average molecular weight is 800 g/mol.